The highest BCUT2D eigenvalue weighted by Gasteiger charge is 2.20. The number of benzene rings is 1. The molecule has 0 radical (unpaired) electrons. The second-order valence-corrected chi connectivity index (χ2v) is 6.64. The van der Waals surface area contributed by atoms with Crippen LogP contribution in [0.5, 0.6) is 0 Å². The lowest BCUT2D eigenvalue weighted by Gasteiger charge is -2.27. The van der Waals surface area contributed by atoms with E-state index in [0.717, 1.165) is 38.9 Å². The molecule has 1 aromatic carbocycles. The Labute approximate surface area is 151 Å². The van der Waals surface area contributed by atoms with Gasteiger partial charge < -0.3 is 15.5 Å². The molecule has 1 atom stereocenters. The Morgan fingerprint density at radius 2 is 1.88 bits per heavy atom. The summed E-state index contributed by atoms with van der Waals surface area (Å²) in [6.07, 6.45) is 3.48. The lowest BCUT2D eigenvalue weighted by atomic mass is 9.94. The van der Waals surface area contributed by atoms with Crippen LogP contribution < -0.4 is 10.6 Å². The van der Waals surface area contributed by atoms with Crippen molar-refractivity contribution in [1.29, 1.82) is 0 Å². The molecular formula is C20H31N3O2. The fourth-order valence-electron chi connectivity index (χ4n) is 3.36. The zero-order valence-corrected chi connectivity index (χ0v) is 15.5. The number of carbonyl (C=O) groups is 2. The summed E-state index contributed by atoms with van der Waals surface area (Å²) in [6, 6.07) is 8.52. The van der Waals surface area contributed by atoms with Gasteiger partial charge in [0.2, 0.25) is 11.8 Å². The van der Waals surface area contributed by atoms with Gasteiger partial charge in [0.25, 0.3) is 0 Å². The molecule has 0 fully saturated rings. The molecular weight excluding hydrogens is 314 g/mol. The van der Waals surface area contributed by atoms with E-state index in [1.54, 1.807) is 0 Å². The summed E-state index contributed by atoms with van der Waals surface area (Å²) in [7, 11) is 0. The Hall–Kier alpha value is -1.88. The monoisotopic (exact) mass is 345 g/mol. The highest BCUT2D eigenvalue weighted by molar-refractivity contribution is 5.83. The van der Waals surface area contributed by atoms with Crippen LogP contribution >= 0.6 is 0 Å². The number of fused-ring (bicyclic) bond motifs is 1. The third kappa shape index (κ3) is 5.85. The van der Waals surface area contributed by atoms with Gasteiger partial charge in [0.15, 0.2) is 0 Å². The molecule has 25 heavy (non-hydrogen) atoms. The predicted octanol–water partition coefficient (Wildman–Crippen LogP) is 2.42. The van der Waals surface area contributed by atoms with Gasteiger partial charge >= 0.3 is 0 Å². The van der Waals surface area contributed by atoms with E-state index in [1.165, 1.54) is 11.1 Å². The maximum absolute atomic E-state index is 12.2. The summed E-state index contributed by atoms with van der Waals surface area (Å²) in [5.74, 6) is 0.0335. The SMILES string of the molecule is CCCN(CCC)C(=O)CCC(=O)NCC1NCCc2ccccc21. The lowest BCUT2D eigenvalue weighted by Crippen LogP contribution is -2.39. The Bertz CT molecular complexity index is 568. The molecule has 2 N–H and O–H groups in total. The van der Waals surface area contributed by atoms with Crippen molar-refractivity contribution >= 4 is 11.8 Å². The second-order valence-electron chi connectivity index (χ2n) is 6.64. The van der Waals surface area contributed by atoms with Crippen molar-refractivity contribution < 1.29 is 9.59 Å². The van der Waals surface area contributed by atoms with Crippen molar-refractivity contribution in [2.75, 3.05) is 26.2 Å². The van der Waals surface area contributed by atoms with Gasteiger partial charge in [-0.05, 0) is 36.9 Å². The van der Waals surface area contributed by atoms with E-state index in [4.69, 9.17) is 0 Å². The minimum Gasteiger partial charge on any atom is -0.354 e. The number of nitrogens with zero attached hydrogens (tertiary/aromatic N) is 1. The molecule has 1 aliphatic heterocycles. The zero-order valence-electron chi connectivity index (χ0n) is 15.5. The quantitative estimate of drug-likeness (QED) is 0.722. The van der Waals surface area contributed by atoms with Gasteiger partial charge in [-0.3, -0.25) is 9.59 Å². The smallest absolute Gasteiger partial charge is 0.223 e. The molecule has 0 bridgehead atoms. The highest BCUT2D eigenvalue weighted by Crippen LogP contribution is 2.21. The number of nitrogens with one attached hydrogen (secondary N) is 2. The predicted molar refractivity (Wildman–Crippen MR) is 100 cm³/mol. The molecule has 1 aromatic rings. The lowest BCUT2D eigenvalue weighted by molar-refractivity contribution is -0.133. The van der Waals surface area contributed by atoms with Gasteiger partial charge in [0, 0.05) is 38.5 Å². The van der Waals surface area contributed by atoms with Crippen LogP contribution in [0.4, 0.5) is 0 Å². The highest BCUT2D eigenvalue weighted by atomic mass is 16.2. The van der Waals surface area contributed by atoms with Gasteiger partial charge in [-0.1, -0.05) is 38.1 Å². The molecule has 5 heteroatoms. The first-order valence-corrected chi connectivity index (χ1v) is 9.51. The Morgan fingerprint density at radius 1 is 1.16 bits per heavy atom. The number of carbonyl (C=O) groups excluding carboxylic acids is 2. The van der Waals surface area contributed by atoms with Gasteiger partial charge in [0.05, 0.1) is 0 Å². The molecule has 1 heterocycles. The van der Waals surface area contributed by atoms with Crippen LogP contribution in [0, 0.1) is 0 Å². The molecule has 0 saturated carbocycles. The van der Waals surface area contributed by atoms with Crippen molar-refractivity contribution in [3.8, 4) is 0 Å². The average Bonchev–Trinajstić information content (AvgIpc) is 2.64. The molecule has 0 aromatic heterocycles. The largest absolute Gasteiger partial charge is 0.354 e. The minimum absolute atomic E-state index is 0.0499. The van der Waals surface area contributed by atoms with Crippen molar-refractivity contribution in [2.45, 2.75) is 52.0 Å². The molecule has 2 amide bonds. The van der Waals surface area contributed by atoms with Gasteiger partial charge in [-0.25, -0.2) is 0 Å². The molecule has 2 rings (SSSR count). The fourth-order valence-corrected chi connectivity index (χ4v) is 3.36. The van der Waals surface area contributed by atoms with Crippen molar-refractivity contribution in [1.82, 2.24) is 15.5 Å². The van der Waals surface area contributed by atoms with Crippen molar-refractivity contribution in [3.63, 3.8) is 0 Å². The summed E-state index contributed by atoms with van der Waals surface area (Å²) in [5.41, 5.74) is 2.62. The van der Waals surface area contributed by atoms with E-state index in [0.29, 0.717) is 13.0 Å². The second kappa shape index (κ2) is 10.2. The van der Waals surface area contributed by atoms with Crippen LogP contribution in [-0.4, -0.2) is 42.9 Å². The molecule has 1 aliphatic rings. The van der Waals surface area contributed by atoms with Crippen molar-refractivity contribution in [3.05, 3.63) is 35.4 Å². The first kappa shape index (κ1) is 19.4. The first-order chi connectivity index (χ1) is 12.2. The number of hydrogen-bond acceptors (Lipinski definition) is 3. The van der Waals surface area contributed by atoms with E-state index in [-0.39, 0.29) is 24.3 Å². The van der Waals surface area contributed by atoms with E-state index < -0.39 is 0 Å². The van der Waals surface area contributed by atoms with Crippen LogP contribution in [0.1, 0.15) is 56.7 Å². The van der Waals surface area contributed by atoms with E-state index in [9.17, 15) is 9.59 Å². The number of hydrogen-bond donors (Lipinski definition) is 2. The molecule has 138 valence electrons. The normalized spacial score (nSPS) is 16.2. The summed E-state index contributed by atoms with van der Waals surface area (Å²) in [5, 5.41) is 6.44. The molecule has 0 spiro atoms. The molecule has 5 nitrogen and oxygen atoms in total. The third-order valence-corrected chi connectivity index (χ3v) is 4.62. The van der Waals surface area contributed by atoms with E-state index in [2.05, 4.69) is 42.7 Å². The Kier molecular flexibility index (Phi) is 7.92. The number of amides is 2. The van der Waals surface area contributed by atoms with Gasteiger partial charge in [0.1, 0.15) is 0 Å². The summed E-state index contributed by atoms with van der Waals surface area (Å²) >= 11 is 0. The number of rotatable bonds is 9. The van der Waals surface area contributed by atoms with Crippen LogP contribution in [-0.2, 0) is 16.0 Å². The Balaban J connectivity index is 1.77. The van der Waals surface area contributed by atoms with Crippen LogP contribution in [0.3, 0.4) is 0 Å². The average molecular weight is 345 g/mol. The standard InChI is InChI=1S/C20H31N3O2/c1-3-13-23(14-4-2)20(25)10-9-19(24)22-15-18-17-8-6-5-7-16(17)11-12-21-18/h5-8,18,21H,3-4,9-15H2,1-2H3,(H,22,24). The third-order valence-electron chi connectivity index (χ3n) is 4.62. The van der Waals surface area contributed by atoms with Gasteiger partial charge in [-0.2, -0.15) is 0 Å². The summed E-state index contributed by atoms with van der Waals surface area (Å²) < 4.78 is 0. The van der Waals surface area contributed by atoms with Crippen LogP contribution in [0.15, 0.2) is 24.3 Å². The fraction of sp³-hybridized carbons (Fsp3) is 0.600. The topological polar surface area (TPSA) is 61.4 Å². The van der Waals surface area contributed by atoms with E-state index >= 15 is 0 Å². The van der Waals surface area contributed by atoms with Crippen LogP contribution in [0.2, 0.25) is 0 Å². The molecule has 1 unspecified atom stereocenters. The maximum Gasteiger partial charge on any atom is 0.223 e. The van der Waals surface area contributed by atoms with Gasteiger partial charge in [-0.15, -0.1) is 0 Å². The van der Waals surface area contributed by atoms with Crippen molar-refractivity contribution in [2.24, 2.45) is 0 Å². The summed E-state index contributed by atoms with van der Waals surface area (Å²) in [4.78, 5) is 26.2. The maximum atomic E-state index is 12.2. The van der Waals surface area contributed by atoms with E-state index in [1.807, 2.05) is 11.0 Å². The van der Waals surface area contributed by atoms with Crippen LogP contribution in [0.25, 0.3) is 0 Å². The first-order valence-electron chi connectivity index (χ1n) is 9.51. The Morgan fingerprint density at radius 3 is 2.60 bits per heavy atom. The minimum atomic E-state index is -0.0499. The molecule has 0 aliphatic carbocycles. The zero-order chi connectivity index (χ0) is 18.1. The summed E-state index contributed by atoms with van der Waals surface area (Å²) in [6.45, 7) is 7.18. The molecule has 0 saturated heterocycles.